The van der Waals surface area contributed by atoms with E-state index in [-0.39, 0.29) is 23.8 Å². The highest BCUT2D eigenvalue weighted by Gasteiger charge is 2.45. The molecule has 0 atom stereocenters. The molecule has 0 aliphatic carbocycles. The molecule has 1 aromatic carbocycles. The van der Waals surface area contributed by atoms with Crippen LogP contribution < -0.4 is 9.47 Å². The van der Waals surface area contributed by atoms with Crippen molar-refractivity contribution in [3.05, 3.63) is 23.8 Å². The second-order valence-electron chi connectivity index (χ2n) is 5.97. The smallest absolute Gasteiger partial charge is 0.334 e. The molecule has 0 N–H and O–H groups in total. The van der Waals surface area contributed by atoms with Gasteiger partial charge in [0.05, 0.1) is 26.3 Å². The standard InChI is InChI=1S/C17H20N2O6/c1-10(2)8-18-15(21)16(22)19(17(18)23)9-13(20)12-7-11(24-3)5-6-14(12)25-4/h5-7,10H,8-9H2,1-4H3. The molecule has 25 heavy (non-hydrogen) atoms. The van der Waals surface area contributed by atoms with Gasteiger partial charge in [0.1, 0.15) is 11.5 Å². The first kappa shape index (κ1) is 18.4. The summed E-state index contributed by atoms with van der Waals surface area (Å²) in [6, 6.07) is 3.85. The van der Waals surface area contributed by atoms with Crippen LogP contribution in [0.4, 0.5) is 4.79 Å². The van der Waals surface area contributed by atoms with E-state index in [1.54, 1.807) is 12.1 Å². The number of ether oxygens (including phenoxy) is 2. The van der Waals surface area contributed by atoms with Gasteiger partial charge in [-0.05, 0) is 24.1 Å². The van der Waals surface area contributed by atoms with Gasteiger partial charge >= 0.3 is 17.8 Å². The van der Waals surface area contributed by atoms with Crippen LogP contribution in [0.5, 0.6) is 11.5 Å². The Kier molecular flexibility index (Phi) is 5.41. The van der Waals surface area contributed by atoms with E-state index in [9.17, 15) is 19.2 Å². The van der Waals surface area contributed by atoms with Crippen molar-refractivity contribution in [2.75, 3.05) is 27.3 Å². The molecule has 8 heteroatoms. The van der Waals surface area contributed by atoms with Gasteiger partial charge in [-0.25, -0.2) is 9.69 Å². The number of imide groups is 2. The first-order valence-electron chi connectivity index (χ1n) is 7.72. The molecule has 0 aromatic heterocycles. The van der Waals surface area contributed by atoms with Gasteiger partial charge in [0, 0.05) is 6.54 Å². The molecule has 0 unspecified atom stereocenters. The molecular formula is C17H20N2O6. The molecule has 1 fully saturated rings. The molecule has 1 saturated heterocycles. The molecule has 1 aliphatic heterocycles. The van der Waals surface area contributed by atoms with Crippen LogP contribution in [0.3, 0.4) is 0 Å². The molecule has 0 spiro atoms. The Morgan fingerprint density at radius 1 is 1.04 bits per heavy atom. The van der Waals surface area contributed by atoms with Crippen molar-refractivity contribution in [2.45, 2.75) is 13.8 Å². The molecule has 1 aromatic rings. The third-order valence-corrected chi connectivity index (χ3v) is 3.69. The largest absolute Gasteiger partial charge is 0.497 e. The van der Waals surface area contributed by atoms with Crippen LogP contribution in [0.15, 0.2) is 18.2 Å². The maximum Gasteiger partial charge on any atom is 0.334 e. The lowest BCUT2D eigenvalue weighted by Gasteiger charge is -2.17. The van der Waals surface area contributed by atoms with E-state index >= 15 is 0 Å². The van der Waals surface area contributed by atoms with Crippen LogP contribution in [0.1, 0.15) is 24.2 Å². The Hall–Kier alpha value is -2.90. The van der Waals surface area contributed by atoms with Gasteiger partial charge in [-0.1, -0.05) is 13.8 Å². The zero-order chi connectivity index (χ0) is 18.7. The van der Waals surface area contributed by atoms with Crippen molar-refractivity contribution in [1.29, 1.82) is 0 Å². The highest BCUT2D eigenvalue weighted by atomic mass is 16.5. The second-order valence-corrected chi connectivity index (χ2v) is 5.97. The number of rotatable bonds is 7. The maximum absolute atomic E-state index is 12.6. The molecule has 1 heterocycles. The van der Waals surface area contributed by atoms with Crippen molar-refractivity contribution in [3.63, 3.8) is 0 Å². The minimum atomic E-state index is -0.999. The van der Waals surface area contributed by atoms with Crippen molar-refractivity contribution in [2.24, 2.45) is 5.92 Å². The van der Waals surface area contributed by atoms with E-state index in [0.29, 0.717) is 10.6 Å². The average molecular weight is 348 g/mol. The average Bonchev–Trinajstić information content (AvgIpc) is 2.78. The summed E-state index contributed by atoms with van der Waals surface area (Å²) in [5.74, 6) is -1.72. The van der Waals surface area contributed by atoms with E-state index in [1.807, 2.05) is 13.8 Å². The molecule has 0 bridgehead atoms. The minimum absolute atomic E-state index is 0.00910. The van der Waals surface area contributed by atoms with Crippen molar-refractivity contribution in [1.82, 2.24) is 9.80 Å². The number of methoxy groups -OCH3 is 2. The van der Waals surface area contributed by atoms with Gasteiger partial charge in [-0.15, -0.1) is 0 Å². The number of urea groups is 1. The zero-order valence-corrected chi connectivity index (χ0v) is 14.6. The number of carbonyl (C=O) groups excluding carboxylic acids is 4. The fraction of sp³-hybridized carbons (Fsp3) is 0.412. The Labute approximate surface area is 145 Å². The fourth-order valence-electron chi connectivity index (χ4n) is 2.48. The van der Waals surface area contributed by atoms with Gasteiger partial charge in [-0.2, -0.15) is 0 Å². The molecular weight excluding hydrogens is 328 g/mol. The SMILES string of the molecule is COc1ccc(OC)c(C(=O)CN2C(=O)C(=O)N(CC(C)C)C2=O)c1. The number of carbonyl (C=O) groups is 4. The predicted molar refractivity (Wildman–Crippen MR) is 87.5 cm³/mol. The minimum Gasteiger partial charge on any atom is -0.497 e. The fourth-order valence-corrected chi connectivity index (χ4v) is 2.48. The summed E-state index contributed by atoms with van der Waals surface area (Å²) < 4.78 is 10.2. The van der Waals surface area contributed by atoms with Crippen LogP contribution in [-0.2, 0) is 9.59 Å². The summed E-state index contributed by atoms with van der Waals surface area (Å²) >= 11 is 0. The number of nitrogens with zero attached hydrogens (tertiary/aromatic N) is 2. The lowest BCUT2D eigenvalue weighted by molar-refractivity contribution is -0.143. The molecule has 0 radical (unpaired) electrons. The number of Topliss-reactive ketones (excluding diaryl/α,β-unsaturated/α-hetero) is 1. The van der Waals surface area contributed by atoms with E-state index in [0.717, 1.165) is 4.90 Å². The lowest BCUT2D eigenvalue weighted by Crippen LogP contribution is -2.38. The summed E-state index contributed by atoms with van der Waals surface area (Å²) in [4.78, 5) is 50.4. The Morgan fingerprint density at radius 2 is 1.68 bits per heavy atom. The molecule has 2 rings (SSSR count). The van der Waals surface area contributed by atoms with Crippen LogP contribution >= 0.6 is 0 Å². The number of hydrogen-bond acceptors (Lipinski definition) is 6. The van der Waals surface area contributed by atoms with Gasteiger partial charge in [0.2, 0.25) is 0 Å². The molecule has 4 amide bonds. The van der Waals surface area contributed by atoms with Crippen LogP contribution in [0, 0.1) is 5.92 Å². The summed E-state index contributed by atoms with van der Waals surface area (Å²) in [5, 5.41) is 0. The molecule has 0 saturated carbocycles. The first-order chi connectivity index (χ1) is 11.8. The third-order valence-electron chi connectivity index (χ3n) is 3.69. The third kappa shape index (κ3) is 3.62. The van der Waals surface area contributed by atoms with Crippen molar-refractivity contribution >= 4 is 23.6 Å². The molecule has 134 valence electrons. The molecule has 8 nitrogen and oxygen atoms in total. The Bertz CT molecular complexity index is 728. The second kappa shape index (κ2) is 7.33. The van der Waals surface area contributed by atoms with Gasteiger partial charge in [0.25, 0.3) is 0 Å². The highest BCUT2D eigenvalue weighted by molar-refractivity contribution is 6.45. The highest BCUT2D eigenvalue weighted by Crippen LogP contribution is 2.25. The number of amides is 4. The van der Waals surface area contributed by atoms with E-state index in [1.165, 1.54) is 20.3 Å². The van der Waals surface area contributed by atoms with Gasteiger partial charge in [0.15, 0.2) is 5.78 Å². The number of hydrogen-bond donors (Lipinski definition) is 0. The lowest BCUT2D eigenvalue weighted by atomic mass is 10.1. The summed E-state index contributed by atoms with van der Waals surface area (Å²) in [6.45, 7) is 3.22. The van der Waals surface area contributed by atoms with Crippen LogP contribution in [0.25, 0.3) is 0 Å². The maximum atomic E-state index is 12.6. The van der Waals surface area contributed by atoms with E-state index < -0.39 is 30.2 Å². The summed E-state index contributed by atoms with van der Waals surface area (Å²) in [7, 11) is 2.85. The van der Waals surface area contributed by atoms with Gasteiger partial charge in [-0.3, -0.25) is 19.3 Å². The van der Waals surface area contributed by atoms with Crippen molar-refractivity contribution < 1.29 is 28.7 Å². The molecule has 1 aliphatic rings. The van der Waals surface area contributed by atoms with Crippen LogP contribution in [0.2, 0.25) is 0 Å². The zero-order valence-electron chi connectivity index (χ0n) is 14.6. The van der Waals surface area contributed by atoms with Crippen LogP contribution in [-0.4, -0.2) is 60.7 Å². The van der Waals surface area contributed by atoms with Gasteiger partial charge < -0.3 is 9.47 Å². The summed E-state index contributed by atoms with van der Waals surface area (Å²) in [6.07, 6.45) is 0. The quantitative estimate of drug-likeness (QED) is 0.419. The Balaban J connectivity index is 2.24. The normalized spacial score (nSPS) is 14.5. The van der Waals surface area contributed by atoms with E-state index in [4.69, 9.17) is 9.47 Å². The number of benzene rings is 1. The number of ketones is 1. The monoisotopic (exact) mass is 348 g/mol. The van der Waals surface area contributed by atoms with E-state index in [2.05, 4.69) is 0 Å². The topological polar surface area (TPSA) is 93.2 Å². The Morgan fingerprint density at radius 3 is 2.24 bits per heavy atom. The predicted octanol–water partition coefficient (Wildman–Crippen LogP) is 1.33. The van der Waals surface area contributed by atoms with Crippen molar-refractivity contribution in [3.8, 4) is 11.5 Å². The first-order valence-corrected chi connectivity index (χ1v) is 7.72. The summed E-state index contributed by atoms with van der Waals surface area (Å²) in [5.41, 5.74) is 0.164.